The SMILES string of the molecule is O=C1OC(=O)C23CC12CC(Cl)(Cl)C(Cl)(Cl)C3(Cl)Cl. The molecule has 1 saturated heterocycles. The number of halogens is 6. The molecule has 0 radical (unpaired) electrons. The molecule has 18 heavy (non-hydrogen) atoms. The van der Waals surface area contributed by atoms with Crippen LogP contribution in [0.4, 0.5) is 0 Å². The van der Waals surface area contributed by atoms with Crippen molar-refractivity contribution in [1.82, 2.24) is 0 Å². The second-order valence-corrected chi connectivity index (χ2v) is 9.01. The molecule has 2 unspecified atom stereocenters. The van der Waals surface area contributed by atoms with Gasteiger partial charge < -0.3 is 4.74 Å². The minimum Gasteiger partial charge on any atom is -0.392 e. The van der Waals surface area contributed by atoms with Gasteiger partial charge in [-0.3, -0.25) is 9.59 Å². The molecule has 3 rings (SSSR count). The van der Waals surface area contributed by atoms with E-state index in [9.17, 15) is 9.59 Å². The summed E-state index contributed by atoms with van der Waals surface area (Å²) in [5.41, 5.74) is -2.68. The Morgan fingerprint density at radius 3 is 1.94 bits per heavy atom. The topological polar surface area (TPSA) is 43.4 Å². The van der Waals surface area contributed by atoms with Crippen LogP contribution in [0.25, 0.3) is 0 Å². The summed E-state index contributed by atoms with van der Waals surface area (Å²) in [5, 5.41) is 0. The number of carbonyl (C=O) groups is 2. The Labute approximate surface area is 132 Å². The molecule has 1 heterocycles. The largest absolute Gasteiger partial charge is 0.392 e. The summed E-state index contributed by atoms with van der Waals surface area (Å²) in [6.45, 7) is 0. The Hall–Kier alpha value is 0.880. The Balaban J connectivity index is 2.25. The molecule has 9 heteroatoms. The van der Waals surface area contributed by atoms with Crippen LogP contribution in [0.3, 0.4) is 0 Å². The van der Waals surface area contributed by atoms with Gasteiger partial charge in [-0.1, -0.05) is 69.6 Å². The van der Waals surface area contributed by atoms with Crippen molar-refractivity contribution in [2.75, 3.05) is 0 Å². The van der Waals surface area contributed by atoms with Crippen molar-refractivity contribution < 1.29 is 14.3 Å². The van der Waals surface area contributed by atoms with E-state index < -0.39 is 35.8 Å². The van der Waals surface area contributed by atoms with Crippen molar-refractivity contribution in [2.24, 2.45) is 10.8 Å². The number of alkyl halides is 6. The van der Waals surface area contributed by atoms with Gasteiger partial charge in [0.25, 0.3) is 0 Å². The second-order valence-electron chi connectivity index (χ2n) is 4.87. The van der Waals surface area contributed by atoms with Crippen molar-refractivity contribution in [1.29, 1.82) is 0 Å². The second kappa shape index (κ2) is 3.20. The molecule has 0 amide bonds. The lowest BCUT2D eigenvalue weighted by Gasteiger charge is -2.48. The maximum Gasteiger partial charge on any atom is 0.324 e. The number of hydrogen-bond donors (Lipinski definition) is 0. The van der Waals surface area contributed by atoms with Gasteiger partial charge >= 0.3 is 11.9 Å². The maximum atomic E-state index is 11.9. The van der Waals surface area contributed by atoms with Crippen LogP contribution >= 0.6 is 69.6 Å². The molecule has 0 aromatic heterocycles. The van der Waals surface area contributed by atoms with Gasteiger partial charge in [0.2, 0.25) is 0 Å². The summed E-state index contributed by atoms with van der Waals surface area (Å²) >= 11 is 36.6. The molecule has 100 valence electrons. The number of hydrogen-bond acceptors (Lipinski definition) is 3. The van der Waals surface area contributed by atoms with Gasteiger partial charge in [0, 0.05) is 6.42 Å². The van der Waals surface area contributed by atoms with Crippen LogP contribution in [0.1, 0.15) is 12.8 Å². The first-order chi connectivity index (χ1) is 7.96. The normalized spacial score (nSPS) is 46.1. The fourth-order valence-electron chi connectivity index (χ4n) is 3.00. The average molecular weight is 373 g/mol. The first kappa shape index (κ1) is 13.8. The van der Waals surface area contributed by atoms with Crippen LogP contribution in [0.15, 0.2) is 0 Å². The summed E-state index contributed by atoms with van der Waals surface area (Å²) in [5.74, 6) is -1.56. The van der Waals surface area contributed by atoms with Crippen LogP contribution in [-0.4, -0.2) is 24.9 Å². The van der Waals surface area contributed by atoms with E-state index in [-0.39, 0.29) is 12.8 Å². The van der Waals surface area contributed by atoms with Crippen molar-refractivity contribution in [3.8, 4) is 0 Å². The molecule has 0 spiro atoms. The molecule has 3 fully saturated rings. The molecule has 0 aromatic carbocycles. The van der Waals surface area contributed by atoms with Crippen LogP contribution in [0.2, 0.25) is 0 Å². The average Bonchev–Trinajstić information content (AvgIpc) is 2.82. The Bertz CT molecular complexity index is 501. The van der Waals surface area contributed by atoms with Crippen molar-refractivity contribution in [3.63, 3.8) is 0 Å². The lowest BCUT2D eigenvalue weighted by Crippen LogP contribution is -2.61. The highest BCUT2D eigenvalue weighted by atomic mass is 35.5. The zero-order valence-corrected chi connectivity index (χ0v) is 12.9. The van der Waals surface area contributed by atoms with E-state index >= 15 is 0 Å². The van der Waals surface area contributed by atoms with Crippen LogP contribution in [0, 0.1) is 10.8 Å². The summed E-state index contributed by atoms with van der Waals surface area (Å²) < 4.78 is -1.22. The van der Waals surface area contributed by atoms with Crippen LogP contribution in [-0.2, 0) is 14.3 Å². The standard InChI is InChI=1S/C9H4Cl6O3/c10-7(11)2-5-1-6(5,4(17)18-3(5)16)8(12,13)9(7,14)15/h1-2H2. The molecule has 0 aromatic rings. The molecule has 0 bridgehead atoms. The van der Waals surface area contributed by atoms with Gasteiger partial charge in [-0.05, 0) is 6.42 Å². The van der Waals surface area contributed by atoms with E-state index in [4.69, 9.17) is 69.6 Å². The van der Waals surface area contributed by atoms with Crippen molar-refractivity contribution in [2.45, 2.75) is 25.8 Å². The van der Waals surface area contributed by atoms with Crippen molar-refractivity contribution >= 4 is 81.5 Å². The van der Waals surface area contributed by atoms with Gasteiger partial charge in [-0.2, -0.15) is 0 Å². The minimum atomic E-state index is -2.02. The molecule has 2 aliphatic carbocycles. The van der Waals surface area contributed by atoms with Gasteiger partial charge in [-0.25, -0.2) is 0 Å². The lowest BCUT2D eigenvalue weighted by atomic mass is 9.79. The Morgan fingerprint density at radius 1 is 0.833 bits per heavy atom. The monoisotopic (exact) mass is 370 g/mol. The summed E-state index contributed by atoms with van der Waals surface area (Å²) in [7, 11) is 0. The third-order valence-corrected chi connectivity index (χ3v) is 8.13. The van der Waals surface area contributed by atoms with E-state index in [1.807, 2.05) is 0 Å². The highest BCUT2D eigenvalue weighted by Crippen LogP contribution is 2.86. The van der Waals surface area contributed by atoms with Gasteiger partial charge in [0.15, 0.2) is 13.0 Å². The zero-order valence-electron chi connectivity index (χ0n) is 8.41. The third-order valence-electron chi connectivity index (χ3n) is 4.10. The highest BCUT2D eigenvalue weighted by Gasteiger charge is 2.96. The number of carbonyl (C=O) groups excluding carboxylic acids is 2. The maximum absolute atomic E-state index is 11.9. The summed E-state index contributed by atoms with van der Waals surface area (Å²) in [6, 6.07) is 0. The zero-order chi connectivity index (χ0) is 13.8. The number of esters is 2. The van der Waals surface area contributed by atoms with E-state index in [1.165, 1.54) is 0 Å². The first-order valence-electron chi connectivity index (χ1n) is 4.86. The Morgan fingerprint density at radius 2 is 1.39 bits per heavy atom. The predicted octanol–water partition coefficient (Wildman–Crippen LogP) is 3.37. The van der Waals surface area contributed by atoms with Gasteiger partial charge in [0.05, 0.1) is 5.41 Å². The number of rotatable bonds is 0. The molecular formula is C9H4Cl6O3. The highest BCUT2D eigenvalue weighted by molar-refractivity contribution is 6.71. The molecule has 2 atom stereocenters. The fourth-order valence-corrected chi connectivity index (χ4v) is 5.37. The third kappa shape index (κ3) is 1.08. The van der Waals surface area contributed by atoms with Gasteiger partial charge in [0.1, 0.15) is 5.41 Å². The smallest absolute Gasteiger partial charge is 0.324 e. The number of ether oxygens (including phenoxy) is 1. The molecule has 3 aliphatic rings. The van der Waals surface area contributed by atoms with E-state index in [1.54, 1.807) is 0 Å². The Kier molecular flexibility index (Phi) is 2.46. The lowest BCUT2D eigenvalue weighted by molar-refractivity contribution is -0.158. The van der Waals surface area contributed by atoms with Gasteiger partial charge in [-0.15, -0.1) is 0 Å². The molecule has 2 saturated carbocycles. The summed E-state index contributed by atoms with van der Waals surface area (Å²) in [6.07, 6.45) is -0.0467. The minimum absolute atomic E-state index is 0.0903. The molecule has 0 N–H and O–H groups in total. The van der Waals surface area contributed by atoms with Crippen LogP contribution in [0.5, 0.6) is 0 Å². The first-order valence-corrected chi connectivity index (χ1v) is 7.13. The summed E-state index contributed by atoms with van der Waals surface area (Å²) in [4.78, 5) is 23.7. The van der Waals surface area contributed by atoms with E-state index in [0.717, 1.165) is 0 Å². The molecular weight excluding hydrogens is 369 g/mol. The quantitative estimate of drug-likeness (QED) is 0.372. The van der Waals surface area contributed by atoms with E-state index in [2.05, 4.69) is 4.74 Å². The molecule has 1 aliphatic heterocycles. The molecule has 3 nitrogen and oxygen atoms in total. The van der Waals surface area contributed by atoms with Crippen LogP contribution < -0.4 is 0 Å². The predicted molar refractivity (Wildman–Crippen MR) is 68.5 cm³/mol. The van der Waals surface area contributed by atoms with Crippen molar-refractivity contribution in [3.05, 3.63) is 0 Å². The van der Waals surface area contributed by atoms with E-state index in [0.29, 0.717) is 0 Å². The fraction of sp³-hybridized carbons (Fsp3) is 0.778. The number of cyclic esters (lactones) is 2.